The zero-order valence-corrected chi connectivity index (χ0v) is 19.0. The molecule has 0 radical (unpaired) electrons. The second-order valence-electron chi connectivity index (χ2n) is 7.58. The van der Waals surface area contributed by atoms with E-state index in [1.54, 1.807) is 12.1 Å². The Kier molecular flexibility index (Phi) is 6.73. The Morgan fingerprint density at radius 3 is 2.68 bits per heavy atom. The number of benzene rings is 1. The van der Waals surface area contributed by atoms with E-state index in [2.05, 4.69) is 22.4 Å². The number of carbonyl (C=O) groups excluding carboxylic acids is 1. The largest absolute Gasteiger partial charge is 0.490 e. The minimum absolute atomic E-state index is 0.133. The average molecular weight is 467 g/mol. The summed E-state index contributed by atoms with van der Waals surface area (Å²) in [6.07, 6.45) is 3.47. The van der Waals surface area contributed by atoms with Gasteiger partial charge in [-0.1, -0.05) is 18.3 Å². The number of amides is 1. The first-order chi connectivity index (χ1) is 15.0. The molecule has 1 aromatic carbocycles. The van der Waals surface area contributed by atoms with Crippen molar-refractivity contribution in [1.29, 1.82) is 0 Å². The first-order valence-electron chi connectivity index (χ1n) is 10.5. The van der Waals surface area contributed by atoms with Crippen LogP contribution in [0.2, 0.25) is 0 Å². The second-order valence-corrected chi connectivity index (χ2v) is 10.6. The Morgan fingerprint density at radius 2 is 1.94 bits per heavy atom. The van der Waals surface area contributed by atoms with Crippen molar-refractivity contribution in [3.05, 3.63) is 23.2 Å². The summed E-state index contributed by atoms with van der Waals surface area (Å²) in [7, 11) is -3.67. The fourth-order valence-corrected chi connectivity index (χ4v) is 5.97. The number of nitrogens with one attached hydrogen (secondary N) is 1. The molecule has 2 aliphatic rings. The molecule has 1 saturated heterocycles. The molecule has 31 heavy (non-hydrogen) atoms. The Hall–Kier alpha value is -2.24. The van der Waals surface area contributed by atoms with Gasteiger partial charge in [0.2, 0.25) is 21.1 Å². The molecule has 0 unspecified atom stereocenters. The number of ether oxygens (including phenoxy) is 2. The Morgan fingerprint density at radius 1 is 1.19 bits per heavy atom. The van der Waals surface area contributed by atoms with Gasteiger partial charge in [-0.3, -0.25) is 4.79 Å². The van der Waals surface area contributed by atoms with Crippen molar-refractivity contribution in [1.82, 2.24) is 14.5 Å². The van der Waals surface area contributed by atoms with E-state index in [-0.39, 0.29) is 29.8 Å². The van der Waals surface area contributed by atoms with Gasteiger partial charge < -0.3 is 14.8 Å². The lowest BCUT2D eigenvalue weighted by Crippen LogP contribution is -2.41. The molecular weight excluding hydrogens is 440 g/mol. The van der Waals surface area contributed by atoms with Crippen LogP contribution in [0.3, 0.4) is 0 Å². The van der Waals surface area contributed by atoms with Gasteiger partial charge >= 0.3 is 0 Å². The molecule has 168 valence electrons. The van der Waals surface area contributed by atoms with E-state index < -0.39 is 10.0 Å². The molecule has 9 nitrogen and oxygen atoms in total. The zero-order chi connectivity index (χ0) is 21.8. The lowest BCUT2D eigenvalue weighted by atomic mass is 9.97. The first kappa shape index (κ1) is 22.0. The highest BCUT2D eigenvalue weighted by molar-refractivity contribution is 7.89. The number of piperidine rings is 1. The number of fused-ring (bicyclic) bond motifs is 1. The van der Waals surface area contributed by atoms with Gasteiger partial charge in [0.1, 0.15) is 5.01 Å². The van der Waals surface area contributed by atoms with Crippen LogP contribution in [0.5, 0.6) is 11.5 Å². The van der Waals surface area contributed by atoms with Crippen molar-refractivity contribution in [2.24, 2.45) is 5.92 Å². The third-order valence-electron chi connectivity index (χ3n) is 5.34. The quantitative estimate of drug-likeness (QED) is 0.697. The van der Waals surface area contributed by atoms with Gasteiger partial charge in [-0.05, 0) is 31.4 Å². The molecule has 0 atom stereocenters. The number of sulfonamides is 1. The van der Waals surface area contributed by atoms with E-state index in [0.29, 0.717) is 42.7 Å². The fraction of sp³-hybridized carbons (Fsp3) is 0.550. The van der Waals surface area contributed by atoms with E-state index in [4.69, 9.17) is 9.47 Å². The van der Waals surface area contributed by atoms with Crippen molar-refractivity contribution >= 4 is 32.4 Å². The van der Waals surface area contributed by atoms with Crippen LogP contribution in [0.15, 0.2) is 23.1 Å². The van der Waals surface area contributed by atoms with Crippen molar-refractivity contribution in [3.63, 3.8) is 0 Å². The van der Waals surface area contributed by atoms with Crippen LogP contribution in [0, 0.1) is 5.92 Å². The predicted molar refractivity (Wildman–Crippen MR) is 116 cm³/mol. The number of nitrogens with zero attached hydrogens (tertiary/aromatic N) is 3. The Bertz CT molecular complexity index is 1030. The summed E-state index contributed by atoms with van der Waals surface area (Å²) in [4.78, 5) is 12.8. The molecule has 1 amide bonds. The highest BCUT2D eigenvalue weighted by atomic mass is 32.2. The van der Waals surface area contributed by atoms with Crippen LogP contribution in [0.1, 0.15) is 37.6 Å². The minimum atomic E-state index is -3.67. The van der Waals surface area contributed by atoms with E-state index >= 15 is 0 Å². The first-order valence-corrected chi connectivity index (χ1v) is 12.8. The van der Waals surface area contributed by atoms with Gasteiger partial charge in [0.25, 0.3) is 0 Å². The highest BCUT2D eigenvalue weighted by Crippen LogP contribution is 2.34. The monoisotopic (exact) mass is 466 g/mol. The number of rotatable bonds is 6. The molecule has 4 rings (SSSR count). The summed E-state index contributed by atoms with van der Waals surface area (Å²) in [5.41, 5.74) is 0. The number of hydrogen-bond donors (Lipinski definition) is 1. The normalized spacial score (nSPS) is 17.8. The maximum absolute atomic E-state index is 13.1. The van der Waals surface area contributed by atoms with Crippen molar-refractivity contribution in [3.8, 4) is 11.5 Å². The lowest BCUT2D eigenvalue weighted by Gasteiger charge is -2.30. The summed E-state index contributed by atoms with van der Waals surface area (Å²) in [5, 5.41) is 12.3. The van der Waals surface area contributed by atoms with Gasteiger partial charge in [-0.15, -0.1) is 10.2 Å². The maximum atomic E-state index is 13.1. The van der Waals surface area contributed by atoms with Crippen LogP contribution in [0.4, 0.5) is 5.13 Å². The molecule has 2 aromatic rings. The van der Waals surface area contributed by atoms with Crippen LogP contribution in [0.25, 0.3) is 0 Å². The number of aryl methyl sites for hydroxylation is 1. The number of hydrogen-bond acceptors (Lipinski definition) is 8. The van der Waals surface area contributed by atoms with Gasteiger partial charge in [-0.2, -0.15) is 4.31 Å². The molecule has 11 heteroatoms. The van der Waals surface area contributed by atoms with E-state index in [9.17, 15) is 13.2 Å². The Balaban J connectivity index is 1.37. The average Bonchev–Trinajstić information content (AvgIpc) is 3.07. The summed E-state index contributed by atoms with van der Waals surface area (Å²) in [6.45, 7) is 3.67. The number of aromatic nitrogens is 2. The molecule has 0 spiro atoms. The van der Waals surface area contributed by atoms with Crippen LogP contribution in [-0.2, 0) is 21.2 Å². The van der Waals surface area contributed by atoms with E-state index in [1.807, 2.05) is 0 Å². The topological polar surface area (TPSA) is 111 Å². The standard InChI is InChI=1S/C20H26N4O5S2/c1-2-4-18-22-23-20(30-18)21-19(25)14-7-9-24(10-8-14)31(26,27)15-5-6-16-17(13-15)29-12-3-11-28-16/h5-6,13-14H,2-4,7-12H2,1H3,(H,21,23,25). The zero-order valence-electron chi connectivity index (χ0n) is 17.4. The summed E-state index contributed by atoms with van der Waals surface area (Å²) in [5.74, 6) is 0.624. The van der Waals surface area contributed by atoms with Crippen LogP contribution >= 0.6 is 11.3 Å². The minimum Gasteiger partial charge on any atom is -0.490 e. The highest BCUT2D eigenvalue weighted by Gasteiger charge is 2.33. The van der Waals surface area contributed by atoms with E-state index in [1.165, 1.54) is 21.7 Å². The van der Waals surface area contributed by atoms with Crippen LogP contribution < -0.4 is 14.8 Å². The molecule has 1 aromatic heterocycles. The van der Waals surface area contributed by atoms with Gasteiger partial charge in [0.05, 0.1) is 18.1 Å². The number of anilines is 1. The molecule has 1 fully saturated rings. The van der Waals surface area contributed by atoms with Gasteiger partial charge in [-0.25, -0.2) is 8.42 Å². The molecule has 2 aliphatic heterocycles. The van der Waals surface area contributed by atoms with E-state index in [0.717, 1.165) is 24.3 Å². The number of carbonyl (C=O) groups is 1. The Labute approximate surface area is 185 Å². The summed E-state index contributed by atoms with van der Waals surface area (Å²) >= 11 is 1.38. The molecule has 1 N–H and O–H groups in total. The van der Waals surface area contributed by atoms with Crippen molar-refractivity contribution < 1.29 is 22.7 Å². The van der Waals surface area contributed by atoms with Gasteiger partial charge in [0.15, 0.2) is 11.5 Å². The third-order valence-corrected chi connectivity index (χ3v) is 8.14. The molecule has 0 aliphatic carbocycles. The lowest BCUT2D eigenvalue weighted by molar-refractivity contribution is -0.120. The van der Waals surface area contributed by atoms with Crippen LogP contribution in [-0.4, -0.2) is 55.1 Å². The van der Waals surface area contributed by atoms with Crippen molar-refractivity contribution in [2.75, 3.05) is 31.6 Å². The fourth-order valence-electron chi connectivity index (χ4n) is 3.64. The van der Waals surface area contributed by atoms with Gasteiger partial charge in [0, 0.05) is 37.9 Å². The maximum Gasteiger partial charge on any atom is 0.243 e. The van der Waals surface area contributed by atoms with Crippen molar-refractivity contribution in [2.45, 2.75) is 43.9 Å². The summed E-state index contributed by atoms with van der Waals surface area (Å²) < 4.78 is 38.8. The smallest absolute Gasteiger partial charge is 0.243 e. The SMILES string of the molecule is CCCc1nnc(NC(=O)C2CCN(S(=O)(=O)c3ccc4c(c3)OCCCO4)CC2)s1. The molecule has 3 heterocycles. The molecule has 0 saturated carbocycles. The summed E-state index contributed by atoms with van der Waals surface area (Å²) in [6, 6.07) is 4.71. The third kappa shape index (κ3) is 4.99. The second kappa shape index (κ2) is 9.49. The molecule has 0 bridgehead atoms. The predicted octanol–water partition coefficient (Wildman–Crippen LogP) is 2.69. The molecular formula is C20H26N4O5S2.